The molecule has 0 atom stereocenters. The first-order chi connectivity index (χ1) is 16.2. The van der Waals surface area contributed by atoms with Gasteiger partial charge in [-0.25, -0.2) is 18.8 Å². The molecule has 0 fully saturated rings. The summed E-state index contributed by atoms with van der Waals surface area (Å²) in [7, 11) is 3.70. The Balaban J connectivity index is 1.70. The molecule has 0 saturated carbocycles. The van der Waals surface area contributed by atoms with Gasteiger partial charge in [-0.3, -0.25) is 4.79 Å². The summed E-state index contributed by atoms with van der Waals surface area (Å²) in [6.07, 6.45) is 3.19. The molecule has 0 unspecified atom stereocenters. The molecule has 2 N–H and O–H groups in total. The van der Waals surface area contributed by atoms with Gasteiger partial charge in [0, 0.05) is 50.1 Å². The molecule has 1 amide bonds. The predicted molar refractivity (Wildman–Crippen MR) is 128 cm³/mol. The van der Waals surface area contributed by atoms with Crippen molar-refractivity contribution in [2.45, 2.75) is 13.5 Å². The number of anilines is 1. The van der Waals surface area contributed by atoms with E-state index in [0.29, 0.717) is 39.8 Å². The fourth-order valence-corrected chi connectivity index (χ4v) is 3.00. The number of rotatable bonds is 9. The Morgan fingerprint density at radius 1 is 1.18 bits per heavy atom. The minimum absolute atomic E-state index is 0.0163. The van der Waals surface area contributed by atoms with Gasteiger partial charge in [-0.2, -0.15) is 0 Å². The molecule has 0 saturated heterocycles. The fraction of sp³-hybridized carbons (Fsp3) is 0.160. The molecule has 0 bridgehead atoms. The van der Waals surface area contributed by atoms with Gasteiger partial charge >= 0.3 is 0 Å². The second kappa shape index (κ2) is 11.0. The van der Waals surface area contributed by atoms with Crippen LogP contribution in [-0.2, 0) is 6.54 Å². The van der Waals surface area contributed by atoms with Crippen LogP contribution in [0.15, 0.2) is 72.1 Å². The van der Waals surface area contributed by atoms with E-state index in [2.05, 4.69) is 27.2 Å². The van der Waals surface area contributed by atoms with Gasteiger partial charge in [-0.1, -0.05) is 12.6 Å². The van der Waals surface area contributed by atoms with Gasteiger partial charge in [0.1, 0.15) is 34.8 Å². The normalized spacial score (nSPS) is 10.7. The van der Waals surface area contributed by atoms with Crippen LogP contribution in [0.2, 0.25) is 0 Å². The van der Waals surface area contributed by atoms with Gasteiger partial charge in [0.25, 0.3) is 5.91 Å². The van der Waals surface area contributed by atoms with E-state index in [4.69, 9.17) is 4.74 Å². The van der Waals surface area contributed by atoms with Gasteiger partial charge in [0.2, 0.25) is 0 Å². The number of aliphatic imine (C=N–C) groups is 1. The van der Waals surface area contributed by atoms with E-state index < -0.39 is 11.6 Å². The lowest BCUT2D eigenvalue weighted by Gasteiger charge is -2.14. The number of benzene rings is 2. The van der Waals surface area contributed by atoms with E-state index in [1.807, 2.05) is 14.1 Å². The molecular weight excluding hydrogens is 440 g/mol. The van der Waals surface area contributed by atoms with Crippen LogP contribution in [0.3, 0.4) is 0 Å². The maximum atomic E-state index is 13.4. The Bertz CT molecular complexity index is 1210. The van der Waals surface area contributed by atoms with E-state index in [1.54, 1.807) is 54.7 Å². The summed E-state index contributed by atoms with van der Waals surface area (Å²) < 4.78 is 32.7. The Morgan fingerprint density at radius 3 is 2.62 bits per heavy atom. The van der Waals surface area contributed by atoms with E-state index in [0.717, 1.165) is 6.07 Å². The highest BCUT2D eigenvalue weighted by atomic mass is 19.1. The first kappa shape index (κ1) is 24.4. The third-order valence-corrected chi connectivity index (χ3v) is 4.58. The van der Waals surface area contributed by atoms with Crippen LogP contribution in [0.1, 0.15) is 21.5 Å². The predicted octanol–water partition coefficient (Wildman–Crippen LogP) is 4.86. The lowest BCUT2D eigenvalue weighted by atomic mass is 10.1. The number of carbonyl (C=O) groups excluding carboxylic acids is 1. The summed E-state index contributed by atoms with van der Waals surface area (Å²) in [4.78, 5) is 22.9. The summed E-state index contributed by atoms with van der Waals surface area (Å²) in [5, 5.41) is 5.66. The van der Waals surface area contributed by atoms with Crippen LogP contribution in [0.4, 0.5) is 14.6 Å². The maximum absolute atomic E-state index is 13.4. The van der Waals surface area contributed by atoms with Crippen LogP contribution >= 0.6 is 0 Å². The highest BCUT2D eigenvalue weighted by Crippen LogP contribution is 2.28. The molecular formula is C25H25F2N5O2. The van der Waals surface area contributed by atoms with Gasteiger partial charge < -0.3 is 20.3 Å². The molecule has 7 nitrogen and oxygen atoms in total. The maximum Gasteiger partial charge on any atom is 0.251 e. The fourth-order valence-electron chi connectivity index (χ4n) is 3.00. The highest BCUT2D eigenvalue weighted by Gasteiger charge is 2.14. The zero-order valence-corrected chi connectivity index (χ0v) is 19.1. The van der Waals surface area contributed by atoms with Crippen LogP contribution in [0, 0.1) is 18.6 Å². The van der Waals surface area contributed by atoms with Crippen molar-refractivity contribution < 1.29 is 18.3 Å². The molecule has 176 valence electrons. The topological polar surface area (TPSA) is 78.8 Å². The quantitative estimate of drug-likeness (QED) is 0.348. The average molecular weight is 466 g/mol. The Hall–Kier alpha value is -4.27. The smallest absolute Gasteiger partial charge is 0.251 e. The summed E-state index contributed by atoms with van der Waals surface area (Å²) in [6.45, 7) is 5.57. The number of nitrogens with zero attached hydrogens (tertiary/aromatic N) is 3. The van der Waals surface area contributed by atoms with E-state index in [-0.39, 0.29) is 12.5 Å². The second-order valence-electron chi connectivity index (χ2n) is 7.65. The molecule has 9 heteroatoms. The number of aromatic nitrogens is 1. The lowest BCUT2D eigenvalue weighted by molar-refractivity contribution is 0.0950. The molecule has 1 heterocycles. The van der Waals surface area contributed by atoms with Crippen molar-refractivity contribution in [3.05, 3.63) is 95.5 Å². The number of pyridine rings is 1. The van der Waals surface area contributed by atoms with Crippen LogP contribution in [0.5, 0.6) is 11.5 Å². The first-order valence-electron chi connectivity index (χ1n) is 10.3. The van der Waals surface area contributed by atoms with Crippen molar-refractivity contribution in [1.82, 2.24) is 15.2 Å². The minimum Gasteiger partial charge on any atom is -0.457 e. The molecule has 0 spiro atoms. The van der Waals surface area contributed by atoms with Crippen LogP contribution in [-0.4, -0.2) is 36.2 Å². The molecule has 3 rings (SSSR count). The number of hydrogen-bond acceptors (Lipinski definition) is 5. The number of nitrogens with one attached hydrogen (secondary N) is 2. The third kappa shape index (κ3) is 6.86. The van der Waals surface area contributed by atoms with Gasteiger partial charge in [-0.05, 0) is 42.8 Å². The second-order valence-corrected chi connectivity index (χ2v) is 7.65. The SMILES string of the molecule is C=C(/N=C\N(C)C)Nc1cc(Oc2cccc(C(=O)NCc3cc(F)cc(F)c3)c2C)ccn1. The zero-order chi connectivity index (χ0) is 24.7. The standard InChI is InChI=1S/C25H25F2N5O2/c1-16-22(25(33)29-14-18-10-19(26)12-20(27)11-18)6-5-7-23(16)34-21-8-9-28-24(13-21)31-17(2)30-15-32(3)4/h5-13,15H,2,14H2,1,3-4H3,(H,28,31)(H,29,33)/b30-15-. The van der Waals surface area contributed by atoms with Crippen LogP contribution in [0.25, 0.3) is 0 Å². The van der Waals surface area contributed by atoms with Crippen molar-refractivity contribution in [3.8, 4) is 11.5 Å². The van der Waals surface area contributed by atoms with Crippen molar-refractivity contribution in [1.29, 1.82) is 0 Å². The summed E-state index contributed by atoms with van der Waals surface area (Å²) in [5.41, 5.74) is 1.31. The highest BCUT2D eigenvalue weighted by molar-refractivity contribution is 5.96. The van der Waals surface area contributed by atoms with Gasteiger partial charge in [-0.15, -0.1) is 0 Å². The lowest BCUT2D eigenvalue weighted by Crippen LogP contribution is -2.23. The first-order valence-corrected chi connectivity index (χ1v) is 10.3. The number of halogens is 2. The third-order valence-electron chi connectivity index (χ3n) is 4.58. The van der Waals surface area contributed by atoms with Crippen molar-refractivity contribution >= 4 is 18.1 Å². The van der Waals surface area contributed by atoms with Crippen molar-refractivity contribution in [3.63, 3.8) is 0 Å². The number of ether oxygens (including phenoxy) is 1. The molecule has 1 aromatic heterocycles. The van der Waals surface area contributed by atoms with E-state index in [9.17, 15) is 13.6 Å². The summed E-state index contributed by atoms with van der Waals surface area (Å²) in [5.74, 6) is 0.0903. The molecule has 34 heavy (non-hydrogen) atoms. The van der Waals surface area contributed by atoms with E-state index in [1.165, 1.54) is 12.1 Å². The number of amides is 1. The van der Waals surface area contributed by atoms with Crippen molar-refractivity contribution in [2.75, 3.05) is 19.4 Å². The van der Waals surface area contributed by atoms with E-state index >= 15 is 0 Å². The Morgan fingerprint density at radius 2 is 1.91 bits per heavy atom. The Labute approximate surface area is 196 Å². The summed E-state index contributed by atoms with van der Waals surface area (Å²) in [6, 6.07) is 11.6. The Kier molecular flexibility index (Phi) is 7.92. The number of hydrogen-bond donors (Lipinski definition) is 2. The summed E-state index contributed by atoms with van der Waals surface area (Å²) >= 11 is 0. The van der Waals surface area contributed by atoms with Gasteiger partial charge in [0.15, 0.2) is 0 Å². The average Bonchev–Trinajstić information content (AvgIpc) is 2.77. The zero-order valence-electron chi connectivity index (χ0n) is 19.1. The minimum atomic E-state index is -0.699. The molecule has 0 aliphatic carbocycles. The molecule has 0 aliphatic rings. The van der Waals surface area contributed by atoms with Crippen molar-refractivity contribution in [2.24, 2.45) is 4.99 Å². The monoisotopic (exact) mass is 465 g/mol. The largest absolute Gasteiger partial charge is 0.457 e. The van der Waals surface area contributed by atoms with Crippen LogP contribution < -0.4 is 15.4 Å². The molecule has 0 radical (unpaired) electrons. The molecule has 0 aliphatic heterocycles. The number of carbonyl (C=O) groups is 1. The molecule has 3 aromatic rings. The van der Waals surface area contributed by atoms with Gasteiger partial charge in [0.05, 0.1) is 6.34 Å². The molecule has 2 aromatic carbocycles.